The van der Waals surface area contributed by atoms with Crippen LogP contribution in [0.15, 0.2) is 42.7 Å². The molecule has 1 aliphatic heterocycles. The number of amides is 1. The van der Waals surface area contributed by atoms with Crippen LogP contribution in [0.4, 0.5) is 0 Å². The number of fused-ring (bicyclic) bond motifs is 2. The summed E-state index contributed by atoms with van der Waals surface area (Å²) in [4.78, 5) is 17.0. The molecule has 4 rings (SSSR count). The first-order valence-electron chi connectivity index (χ1n) is 11.7. The SMILES string of the molecule is C=C(CCN(C)C[C@H]1Cc2cc(OC)c(OC)cc21)N1C=Cc2cc(OC)c(OC)cc2CC1=O. The van der Waals surface area contributed by atoms with Gasteiger partial charge in [-0.3, -0.25) is 9.69 Å². The maximum Gasteiger partial charge on any atom is 0.235 e. The fourth-order valence-corrected chi connectivity index (χ4v) is 4.82. The lowest BCUT2D eigenvalue weighted by Gasteiger charge is -2.34. The Morgan fingerprint density at radius 1 is 0.971 bits per heavy atom. The standard InChI is InChI=1S/C28H34N2O5/c1-18(30-10-8-19-12-24(32-3)25(33-4)13-20(19)15-28(30)31)7-9-29(2)17-22-11-21-14-26(34-5)27(35-6)16-23(21)22/h8,10,12-14,16,22H,1,7,9,11,15,17H2,2-6H3/t22-/m1/s1. The molecule has 1 atom stereocenters. The number of likely N-dealkylation sites (N-methyl/N-ethyl adjacent to an activating group) is 1. The van der Waals surface area contributed by atoms with Gasteiger partial charge in [-0.2, -0.15) is 0 Å². The van der Waals surface area contributed by atoms with Gasteiger partial charge >= 0.3 is 0 Å². The average Bonchev–Trinajstić information content (AvgIpc) is 3.01. The van der Waals surface area contributed by atoms with Crippen molar-refractivity contribution < 1.29 is 23.7 Å². The molecule has 7 nitrogen and oxygen atoms in total. The molecule has 0 fully saturated rings. The molecule has 0 spiro atoms. The molecule has 0 N–H and O–H groups in total. The fourth-order valence-electron chi connectivity index (χ4n) is 4.82. The zero-order valence-electron chi connectivity index (χ0n) is 21.2. The van der Waals surface area contributed by atoms with Gasteiger partial charge in [0.15, 0.2) is 23.0 Å². The van der Waals surface area contributed by atoms with Crippen LogP contribution in [0.1, 0.15) is 34.6 Å². The van der Waals surface area contributed by atoms with E-state index in [2.05, 4.69) is 30.7 Å². The number of benzene rings is 2. The molecule has 2 aromatic carbocycles. The summed E-state index contributed by atoms with van der Waals surface area (Å²) in [6, 6.07) is 7.95. The van der Waals surface area contributed by atoms with Crippen molar-refractivity contribution in [2.75, 3.05) is 48.6 Å². The quantitative estimate of drug-likeness (QED) is 0.509. The smallest absolute Gasteiger partial charge is 0.235 e. The summed E-state index contributed by atoms with van der Waals surface area (Å²) < 4.78 is 21.7. The molecule has 0 radical (unpaired) electrons. The molecule has 1 aliphatic carbocycles. The summed E-state index contributed by atoms with van der Waals surface area (Å²) >= 11 is 0. The third kappa shape index (κ3) is 5.00. The summed E-state index contributed by atoms with van der Waals surface area (Å²) in [7, 11) is 8.65. The minimum atomic E-state index is -0.00571. The number of rotatable bonds is 10. The van der Waals surface area contributed by atoms with E-state index in [9.17, 15) is 4.79 Å². The number of carbonyl (C=O) groups is 1. The maximum absolute atomic E-state index is 13.0. The van der Waals surface area contributed by atoms with E-state index in [4.69, 9.17) is 18.9 Å². The lowest BCUT2D eigenvalue weighted by atomic mass is 9.77. The van der Waals surface area contributed by atoms with Crippen molar-refractivity contribution >= 4 is 12.0 Å². The predicted octanol–water partition coefficient (Wildman–Crippen LogP) is 4.25. The summed E-state index contributed by atoms with van der Waals surface area (Å²) in [6.45, 7) is 5.96. The second-order valence-corrected chi connectivity index (χ2v) is 9.05. The number of methoxy groups -OCH3 is 4. The molecular weight excluding hydrogens is 444 g/mol. The van der Waals surface area contributed by atoms with Gasteiger partial charge in [0.1, 0.15) is 0 Å². The second-order valence-electron chi connectivity index (χ2n) is 9.05. The molecule has 0 bridgehead atoms. The summed E-state index contributed by atoms with van der Waals surface area (Å²) in [6.07, 6.45) is 5.75. The van der Waals surface area contributed by atoms with Crippen molar-refractivity contribution in [1.82, 2.24) is 9.80 Å². The van der Waals surface area contributed by atoms with Crippen molar-refractivity contribution in [3.8, 4) is 23.0 Å². The van der Waals surface area contributed by atoms with Gasteiger partial charge in [-0.05, 0) is 66.1 Å². The lowest BCUT2D eigenvalue weighted by Crippen LogP contribution is -2.33. The van der Waals surface area contributed by atoms with Crippen LogP contribution in [-0.2, 0) is 17.6 Å². The normalized spacial score (nSPS) is 16.2. The lowest BCUT2D eigenvalue weighted by molar-refractivity contribution is -0.126. The van der Waals surface area contributed by atoms with Crippen LogP contribution in [0.5, 0.6) is 23.0 Å². The number of hydrogen-bond donors (Lipinski definition) is 0. The summed E-state index contributed by atoms with van der Waals surface area (Å²) in [5, 5.41) is 0. The van der Waals surface area contributed by atoms with Gasteiger partial charge in [-0.25, -0.2) is 0 Å². The van der Waals surface area contributed by atoms with E-state index in [0.717, 1.165) is 47.8 Å². The molecule has 2 aromatic rings. The van der Waals surface area contributed by atoms with Gasteiger partial charge < -0.3 is 23.8 Å². The number of ether oxygens (including phenoxy) is 4. The monoisotopic (exact) mass is 478 g/mol. The van der Waals surface area contributed by atoms with Gasteiger partial charge in [0.25, 0.3) is 0 Å². The van der Waals surface area contributed by atoms with Gasteiger partial charge in [0.2, 0.25) is 5.91 Å². The molecule has 0 saturated heterocycles. The predicted molar refractivity (Wildman–Crippen MR) is 136 cm³/mol. The highest BCUT2D eigenvalue weighted by molar-refractivity contribution is 5.85. The Morgan fingerprint density at radius 3 is 2.23 bits per heavy atom. The molecular formula is C28H34N2O5. The average molecular weight is 479 g/mol. The molecule has 0 saturated carbocycles. The van der Waals surface area contributed by atoms with Crippen LogP contribution in [-0.4, -0.2) is 64.3 Å². The fraction of sp³-hybridized carbons (Fsp3) is 0.393. The van der Waals surface area contributed by atoms with Gasteiger partial charge in [0, 0.05) is 37.3 Å². The molecule has 2 aliphatic rings. The molecule has 1 amide bonds. The van der Waals surface area contributed by atoms with Gasteiger partial charge in [0.05, 0.1) is 34.9 Å². The van der Waals surface area contributed by atoms with Gasteiger partial charge in [-0.15, -0.1) is 0 Å². The van der Waals surface area contributed by atoms with E-state index in [1.807, 2.05) is 24.4 Å². The van der Waals surface area contributed by atoms with E-state index in [1.54, 1.807) is 33.3 Å². The maximum atomic E-state index is 13.0. The highest BCUT2D eigenvalue weighted by atomic mass is 16.5. The van der Waals surface area contributed by atoms with Crippen LogP contribution in [0.2, 0.25) is 0 Å². The first-order chi connectivity index (χ1) is 16.9. The van der Waals surface area contributed by atoms with Crippen molar-refractivity contribution in [3.63, 3.8) is 0 Å². The number of carbonyl (C=O) groups excluding carboxylic acids is 1. The Balaban J connectivity index is 1.35. The third-order valence-corrected chi connectivity index (χ3v) is 6.87. The molecule has 35 heavy (non-hydrogen) atoms. The Kier molecular flexibility index (Phi) is 7.36. The zero-order chi connectivity index (χ0) is 25.1. The topological polar surface area (TPSA) is 60.5 Å². The largest absolute Gasteiger partial charge is 0.493 e. The molecule has 0 unspecified atom stereocenters. The summed E-state index contributed by atoms with van der Waals surface area (Å²) in [5.41, 5.74) is 5.28. The van der Waals surface area contributed by atoms with Crippen LogP contribution in [0, 0.1) is 0 Å². The van der Waals surface area contributed by atoms with Crippen molar-refractivity contribution in [2.24, 2.45) is 0 Å². The zero-order valence-corrected chi connectivity index (χ0v) is 21.2. The van der Waals surface area contributed by atoms with E-state index in [-0.39, 0.29) is 12.3 Å². The van der Waals surface area contributed by atoms with Crippen LogP contribution in [0.3, 0.4) is 0 Å². The molecule has 7 heteroatoms. The van der Waals surface area contributed by atoms with E-state index >= 15 is 0 Å². The molecule has 1 heterocycles. The minimum Gasteiger partial charge on any atom is -0.493 e. The third-order valence-electron chi connectivity index (χ3n) is 6.87. The van der Waals surface area contributed by atoms with Gasteiger partial charge in [-0.1, -0.05) is 6.58 Å². The van der Waals surface area contributed by atoms with Crippen LogP contribution >= 0.6 is 0 Å². The Hall–Kier alpha value is -3.45. The molecule has 186 valence electrons. The van der Waals surface area contributed by atoms with Crippen LogP contribution < -0.4 is 18.9 Å². The highest BCUT2D eigenvalue weighted by Gasteiger charge is 2.29. The first-order valence-corrected chi connectivity index (χ1v) is 11.7. The first kappa shape index (κ1) is 24.7. The number of hydrogen-bond acceptors (Lipinski definition) is 6. The number of nitrogens with zero attached hydrogens (tertiary/aromatic N) is 2. The van der Waals surface area contributed by atoms with Crippen molar-refractivity contribution in [1.29, 1.82) is 0 Å². The van der Waals surface area contributed by atoms with E-state index < -0.39 is 0 Å². The van der Waals surface area contributed by atoms with E-state index in [1.165, 1.54) is 11.1 Å². The Labute approximate surface area is 207 Å². The van der Waals surface area contributed by atoms with Crippen molar-refractivity contribution in [3.05, 3.63) is 65.0 Å². The Bertz CT molecular complexity index is 1160. The van der Waals surface area contributed by atoms with Crippen LogP contribution in [0.25, 0.3) is 6.08 Å². The van der Waals surface area contributed by atoms with Crippen molar-refractivity contribution in [2.45, 2.75) is 25.2 Å². The minimum absolute atomic E-state index is 0.00571. The highest BCUT2D eigenvalue weighted by Crippen LogP contribution is 2.42. The second kappa shape index (κ2) is 10.4. The summed E-state index contributed by atoms with van der Waals surface area (Å²) in [5.74, 6) is 3.27. The van der Waals surface area contributed by atoms with E-state index in [0.29, 0.717) is 23.8 Å². The molecule has 0 aromatic heterocycles. The Morgan fingerprint density at radius 2 is 1.57 bits per heavy atom.